The Bertz CT molecular complexity index is 1000. The number of amides is 1. The van der Waals surface area contributed by atoms with Gasteiger partial charge in [0.15, 0.2) is 11.9 Å². The minimum absolute atomic E-state index is 0.222. The number of nitrogens with one attached hydrogen (secondary N) is 1. The van der Waals surface area contributed by atoms with E-state index >= 15 is 0 Å². The van der Waals surface area contributed by atoms with Crippen LogP contribution in [0.3, 0.4) is 0 Å². The van der Waals surface area contributed by atoms with E-state index in [1.807, 2.05) is 0 Å². The van der Waals surface area contributed by atoms with Crippen molar-refractivity contribution in [2.45, 2.75) is 13.0 Å². The molecule has 3 rings (SSSR count). The molecule has 0 spiro atoms. The van der Waals surface area contributed by atoms with Gasteiger partial charge in [-0.25, -0.2) is 4.39 Å². The molecule has 0 aliphatic rings. The molecule has 0 saturated heterocycles. The maximum atomic E-state index is 13.0. The minimum atomic E-state index is -0.750. The van der Waals surface area contributed by atoms with Gasteiger partial charge >= 0.3 is 0 Å². The third kappa shape index (κ3) is 5.19. The molecule has 0 radical (unpaired) electrons. The highest BCUT2D eigenvalue weighted by atomic mass is 19.1. The third-order valence-corrected chi connectivity index (χ3v) is 4.24. The molecule has 1 amide bonds. The molecule has 0 bridgehead atoms. The van der Waals surface area contributed by atoms with Gasteiger partial charge in [0.1, 0.15) is 17.3 Å². The van der Waals surface area contributed by atoms with Crippen LogP contribution < -0.4 is 14.8 Å². The number of carbonyl (C=O) groups is 2. The second kappa shape index (κ2) is 9.01. The van der Waals surface area contributed by atoms with Crippen molar-refractivity contribution in [3.8, 4) is 11.5 Å². The quantitative estimate of drug-likeness (QED) is 0.602. The standard InChI is InChI=1S/C23H20FNO4/c1-15(23(27)25-19-4-3-5-21(14-19)28-2)29-20-12-8-17(9-13-20)22(26)16-6-10-18(24)11-7-16/h3-15H,1-2H3,(H,25,27)/t15-/m1/s1. The Labute approximate surface area is 168 Å². The Morgan fingerprint density at radius 3 is 2.14 bits per heavy atom. The second-order valence-electron chi connectivity index (χ2n) is 6.34. The first-order valence-corrected chi connectivity index (χ1v) is 8.98. The lowest BCUT2D eigenvalue weighted by Crippen LogP contribution is -2.30. The first-order valence-electron chi connectivity index (χ1n) is 8.98. The lowest BCUT2D eigenvalue weighted by atomic mass is 10.0. The second-order valence-corrected chi connectivity index (χ2v) is 6.34. The number of carbonyl (C=O) groups excluding carboxylic acids is 2. The molecule has 3 aromatic carbocycles. The van der Waals surface area contributed by atoms with Crippen LogP contribution in [-0.4, -0.2) is 24.9 Å². The van der Waals surface area contributed by atoms with E-state index in [9.17, 15) is 14.0 Å². The molecule has 0 aliphatic heterocycles. The van der Waals surface area contributed by atoms with Crippen molar-refractivity contribution in [3.63, 3.8) is 0 Å². The van der Waals surface area contributed by atoms with E-state index in [4.69, 9.17) is 9.47 Å². The molecule has 0 heterocycles. The number of ether oxygens (including phenoxy) is 2. The van der Waals surface area contributed by atoms with Crippen LogP contribution in [0.5, 0.6) is 11.5 Å². The van der Waals surface area contributed by atoms with E-state index < -0.39 is 11.9 Å². The maximum absolute atomic E-state index is 13.0. The minimum Gasteiger partial charge on any atom is -0.497 e. The summed E-state index contributed by atoms with van der Waals surface area (Å²) in [5.41, 5.74) is 1.44. The number of hydrogen-bond acceptors (Lipinski definition) is 4. The molecule has 5 nitrogen and oxygen atoms in total. The summed E-state index contributed by atoms with van der Waals surface area (Å²) < 4.78 is 23.8. The predicted molar refractivity (Wildman–Crippen MR) is 108 cm³/mol. The molecule has 0 aromatic heterocycles. The van der Waals surface area contributed by atoms with E-state index in [1.54, 1.807) is 62.6 Å². The Kier molecular flexibility index (Phi) is 6.24. The fraction of sp³-hybridized carbons (Fsp3) is 0.130. The summed E-state index contributed by atoms with van der Waals surface area (Å²) in [5.74, 6) is 0.156. The van der Waals surface area contributed by atoms with Crippen molar-refractivity contribution >= 4 is 17.4 Å². The molecular formula is C23H20FNO4. The molecular weight excluding hydrogens is 373 g/mol. The monoisotopic (exact) mass is 393 g/mol. The Balaban J connectivity index is 1.61. The van der Waals surface area contributed by atoms with Crippen LogP contribution in [0.1, 0.15) is 22.8 Å². The van der Waals surface area contributed by atoms with Crippen molar-refractivity contribution in [2.75, 3.05) is 12.4 Å². The Morgan fingerprint density at radius 1 is 0.897 bits per heavy atom. The van der Waals surface area contributed by atoms with Gasteiger partial charge in [0.25, 0.3) is 5.91 Å². The first-order chi connectivity index (χ1) is 14.0. The molecule has 3 aromatic rings. The number of methoxy groups -OCH3 is 1. The van der Waals surface area contributed by atoms with Crippen LogP contribution in [0.15, 0.2) is 72.8 Å². The van der Waals surface area contributed by atoms with E-state index in [1.165, 1.54) is 24.3 Å². The van der Waals surface area contributed by atoms with Gasteiger partial charge in [0, 0.05) is 22.9 Å². The van der Waals surface area contributed by atoms with Crippen molar-refractivity contribution in [2.24, 2.45) is 0 Å². The van der Waals surface area contributed by atoms with Crippen LogP contribution in [0.4, 0.5) is 10.1 Å². The number of benzene rings is 3. The Morgan fingerprint density at radius 2 is 1.52 bits per heavy atom. The fourth-order valence-corrected chi connectivity index (χ4v) is 2.66. The number of ketones is 1. The van der Waals surface area contributed by atoms with Crippen molar-refractivity contribution < 1.29 is 23.5 Å². The molecule has 29 heavy (non-hydrogen) atoms. The first kappa shape index (κ1) is 20.1. The summed E-state index contributed by atoms with van der Waals surface area (Å²) in [6, 6.07) is 18.8. The van der Waals surface area contributed by atoms with Crippen LogP contribution >= 0.6 is 0 Å². The average molecular weight is 393 g/mol. The molecule has 0 unspecified atom stereocenters. The zero-order chi connectivity index (χ0) is 20.8. The van der Waals surface area contributed by atoms with E-state index in [0.717, 1.165) is 0 Å². The van der Waals surface area contributed by atoms with Gasteiger partial charge in [0.05, 0.1) is 7.11 Å². The SMILES string of the molecule is COc1cccc(NC(=O)[C@@H](C)Oc2ccc(C(=O)c3ccc(F)cc3)cc2)c1. The highest BCUT2D eigenvalue weighted by Gasteiger charge is 2.16. The lowest BCUT2D eigenvalue weighted by molar-refractivity contribution is -0.122. The van der Waals surface area contributed by atoms with Crippen molar-refractivity contribution in [3.05, 3.63) is 89.7 Å². The molecule has 0 fully saturated rings. The largest absolute Gasteiger partial charge is 0.497 e. The van der Waals surface area contributed by atoms with Gasteiger partial charge < -0.3 is 14.8 Å². The van der Waals surface area contributed by atoms with Gasteiger partial charge in [-0.15, -0.1) is 0 Å². The summed E-state index contributed by atoms with van der Waals surface area (Å²) in [5, 5.41) is 2.76. The van der Waals surface area contributed by atoms with E-state index in [-0.39, 0.29) is 11.7 Å². The zero-order valence-electron chi connectivity index (χ0n) is 16.0. The summed E-state index contributed by atoms with van der Waals surface area (Å²) in [4.78, 5) is 24.8. The topological polar surface area (TPSA) is 64.6 Å². The zero-order valence-corrected chi connectivity index (χ0v) is 16.0. The molecule has 1 atom stereocenters. The molecule has 0 saturated carbocycles. The fourth-order valence-electron chi connectivity index (χ4n) is 2.66. The van der Waals surface area contributed by atoms with Gasteiger partial charge in [-0.1, -0.05) is 6.07 Å². The summed E-state index contributed by atoms with van der Waals surface area (Å²) in [6.07, 6.45) is -0.750. The van der Waals surface area contributed by atoms with Crippen molar-refractivity contribution in [1.29, 1.82) is 0 Å². The van der Waals surface area contributed by atoms with Crippen LogP contribution in [0.25, 0.3) is 0 Å². The number of hydrogen-bond donors (Lipinski definition) is 1. The number of anilines is 1. The number of halogens is 1. The van der Waals surface area contributed by atoms with E-state index in [0.29, 0.717) is 28.3 Å². The van der Waals surface area contributed by atoms with Crippen LogP contribution in [0, 0.1) is 5.82 Å². The van der Waals surface area contributed by atoms with Crippen LogP contribution in [-0.2, 0) is 4.79 Å². The summed E-state index contributed by atoms with van der Waals surface area (Å²) >= 11 is 0. The van der Waals surface area contributed by atoms with Gasteiger partial charge in [-0.3, -0.25) is 9.59 Å². The highest BCUT2D eigenvalue weighted by molar-refractivity contribution is 6.09. The smallest absolute Gasteiger partial charge is 0.265 e. The predicted octanol–water partition coefficient (Wildman–Crippen LogP) is 4.47. The summed E-state index contributed by atoms with van der Waals surface area (Å²) in [6.45, 7) is 1.63. The van der Waals surface area contributed by atoms with E-state index in [2.05, 4.69) is 5.32 Å². The average Bonchev–Trinajstić information content (AvgIpc) is 2.74. The normalized spacial score (nSPS) is 11.4. The third-order valence-electron chi connectivity index (χ3n) is 4.24. The van der Waals surface area contributed by atoms with Gasteiger partial charge in [0.2, 0.25) is 0 Å². The maximum Gasteiger partial charge on any atom is 0.265 e. The molecule has 0 aliphatic carbocycles. The highest BCUT2D eigenvalue weighted by Crippen LogP contribution is 2.19. The molecule has 1 N–H and O–H groups in total. The molecule has 6 heteroatoms. The lowest BCUT2D eigenvalue weighted by Gasteiger charge is -2.15. The summed E-state index contributed by atoms with van der Waals surface area (Å²) in [7, 11) is 1.55. The van der Waals surface area contributed by atoms with Crippen molar-refractivity contribution in [1.82, 2.24) is 0 Å². The van der Waals surface area contributed by atoms with Crippen LogP contribution in [0.2, 0.25) is 0 Å². The number of rotatable bonds is 7. The molecule has 148 valence electrons. The Hall–Kier alpha value is -3.67. The van der Waals surface area contributed by atoms with Gasteiger partial charge in [-0.2, -0.15) is 0 Å². The van der Waals surface area contributed by atoms with Gasteiger partial charge in [-0.05, 0) is 67.6 Å².